The molecule has 3 atom stereocenters. The van der Waals surface area contributed by atoms with Crippen LogP contribution < -0.4 is 5.32 Å². The summed E-state index contributed by atoms with van der Waals surface area (Å²) in [6.45, 7) is 5.54. The van der Waals surface area contributed by atoms with Crippen molar-refractivity contribution in [2.75, 3.05) is 6.54 Å². The fraction of sp³-hybridized carbons (Fsp3) is 0.357. The standard InChI is InChI=1S/C28H30N4O5/c1-16(2)22(24(33)30-21(25(34)35)15-17-9-5-4-6-10-17)32-26(36)28(3)23-19(13-14-31(28)27(32)37)18-11-7-8-12-20(18)29-23/h4-12,16,21-22,29H,13-15H2,1-3H3,(H,30,33)(H,34,35)/t21-,22-,28-/m0/s1. The summed E-state index contributed by atoms with van der Waals surface area (Å²) in [6, 6.07) is 13.8. The number of aromatic nitrogens is 1. The van der Waals surface area contributed by atoms with Crippen LogP contribution in [0, 0.1) is 5.92 Å². The Hall–Kier alpha value is -4.14. The van der Waals surface area contributed by atoms with Crippen molar-refractivity contribution < 1.29 is 24.3 Å². The van der Waals surface area contributed by atoms with Crippen molar-refractivity contribution in [3.63, 3.8) is 0 Å². The van der Waals surface area contributed by atoms with Crippen molar-refractivity contribution in [2.45, 2.75) is 51.2 Å². The minimum atomic E-state index is -1.28. The number of amides is 4. The average Bonchev–Trinajstić information content (AvgIpc) is 3.34. The molecular formula is C28H30N4O5. The lowest BCUT2D eigenvalue weighted by Crippen LogP contribution is -2.56. The van der Waals surface area contributed by atoms with Gasteiger partial charge in [0.15, 0.2) is 5.54 Å². The van der Waals surface area contributed by atoms with Gasteiger partial charge in [-0.15, -0.1) is 0 Å². The summed E-state index contributed by atoms with van der Waals surface area (Å²) in [5, 5.41) is 13.4. The number of para-hydroxylation sites is 1. The Morgan fingerprint density at radius 1 is 1.08 bits per heavy atom. The zero-order chi connectivity index (χ0) is 26.5. The van der Waals surface area contributed by atoms with Gasteiger partial charge >= 0.3 is 12.0 Å². The van der Waals surface area contributed by atoms with Crippen LogP contribution in [0.2, 0.25) is 0 Å². The van der Waals surface area contributed by atoms with Crippen LogP contribution in [0.5, 0.6) is 0 Å². The number of rotatable bonds is 7. The number of fused-ring (bicyclic) bond motifs is 5. The van der Waals surface area contributed by atoms with E-state index >= 15 is 0 Å². The molecule has 5 rings (SSSR count). The second-order valence-corrected chi connectivity index (χ2v) is 10.2. The Kier molecular flexibility index (Phi) is 6.01. The predicted octanol–water partition coefficient (Wildman–Crippen LogP) is 3.04. The number of hydrogen-bond donors (Lipinski definition) is 3. The number of imide groups is 1. The minimum Gasteiger partial charge on any atom is -0.480 e. The molecule has 9 heteroatoms. The third-order valence-corrected chi connectivity index (χ3v) is 7.57. The molecule has 3 aromatic rings. The zero-order valence-electron chi connectivity index (χ0n) is 21.0. The van der Waals surface area contributed by atoms with E-state index in [4.69, 9.17) is 0 Å². The van der Waals surface area contributed by atoms with E-state index in [-0.39, 0.29) is 6.42 Å². The van der Waals surface area contributed by atoms with Crippen LogP contribution >= 0.6 is 0 Å². The highest BCUT2D eigenvalue weighted by atomic mass is 16.4. The molecule has 3 N–H and O–H groups in total. The lowest BCUT2D eigenvalue weighted by molar-refractivity contribution is -0.144. The summed E-state index contributed by atoms with van der Waals surface area (Å²) in [7, 11) is 0. The number of carboxylic acid groups (broad SMARTS) is 1. The summed E-state index contributed by atoms with van der Waals surface area (Å²) in [6.07, 6.45) is 0.662. The first-order valence-corrected chi connectivity index (χ1v) is 12.5. The number of nitrogens with zero attached hydrogens (tertiary/aromatic N) is 2. The first-order valence-electron chi connectivity index (χ1n) is 12.5. The van der Waals surface area contributed by atoms with E-state index in [0.29, 0.717) is 18.7 Å². The molecule has 0 bridgehead atoms. The van der Waals surface area contributed by atoms with Crippen LogP contribution in [0.1, 0.15) is 37.6 Å². The zero-order valence-corrected chi connectivity index (χ0v) is 21.0. The molecule has 2 aromatic carbocycles. The molecule has 9 nitrogen and oxygen atoms in total. The molecule has 192 valence electrons. The van der Waals surface area contributed by atoms with Crippen LogP contribution in [0.25, 0.3) is 10.9 Å². The molecule has 0 aliphatic carbocycles. The number of H-pyrrole nitrogens is 1. The molecule has 4 amide bonds. The van der Waals surface area contributed by atoms with Gasteiger partial charge in [0.1, 0.15) is 12.1 Å². The van der Waals surface area contributed by atoms with E-state index in [1.54, 1.807) is 45.0 Å². The third kappa shape index (κ3) is 3.85. The van der Waals surface area contributed by atoms with Gasteiger partial charge in [-0.1, -0.05) is 62.4 Å². The Morgan fingerprint density at radius 2 is 1.76 bits per heavy atom. The van der Waals surface area contributed by atoms with Gasteiger partial charge in [-0.05, 0) is 36.5 Å². The Bertz CT molecular complexity index is 1400. The average molecular weight is 503 g/mol. The van der Waals surface area contributed by atoms with Crippen LogP contribution in [0.15, 0.2) is 54.6 Å². The molecule has 0 radical (unpaired) electrons. The summed E-state index contributed by atoms with van der Waals surface area (Å²) >= 11 is 0. The van der Waals surface area contributed by atoms with E-state index in [9.17, 15) is 24.3 Å². The normalized spacial score (nSPS) is 20.6. The van der Waals surface area contributed by atoms with E-state index < -0.39 is 47.4 Å². The highest BCUT2D eigenvalue weighted by molar-refractivity contribution is 6.11. The molecular weight excluding hydrogens is 472 g/mol. The number of carbonyl (C=O) groups is 4. The Balaban J connectivity index is 1.47. The maximum absolute atomic E-state index is 14.0. The van der Waals surface area contributed by atoms with E-state index in [2.05, 4.69) is 10.3 Å². The summed E-state index contributed by atoms with van der Waals surface area (Å²) in [4.78, 5) is 59.1. The van der Waals surface area contributed by atoms with Crippen LogP contribution in [-0.2, 0) is 32.8 Å². The maximum Gasteiger partial charge on any atom is 0.328 e. The second kappa shape index (κ2) is 9.06. The van der Waals surface area contributed by atoms with Crippen LogP contribution in [-0.4, -0.2) is 62.3 Å². The molecule has 0 spiro atoms. The van der Waals surface area contributed by atoms with Crippen LogP contribution in [0.3, 0.4) is 0 Å². The summed E-state index contributed by atoms with van der Waals surface area (Å²) < 4.78 is 0. The Morgan fingerprint density at radius 3 is 2.43 bits per heavy atom. The highest BCUT2D eigenvalue weighted by Gasteiger charge is 2.61. The van der Waals surface area contributed by atoms with Crippen molar-refractivity contribution in [1.82, 2.24) is 20.1 Å². The molecule has 2 aliphatic heterocycles. The molecule has 37 heavy (non-hydrogen) atoms. The first kappa shape index (κ1) is 24.5. The fourth-order valence-corrected chi connectivity index (χ4v) is 5.69. The number of aliphatic carboxylic acids is 1. The predicted molar refractivity (Wildman–Crippen MR) is 137 cm³/mol. The molecule has 0 unspecified atom stereocenters. The van der Waals surface area contributed by atoms with Gasteiger partial charge in [0.05, 0.1) is 5.69 Å². The maximum atomic E-state index is 14.0. The third-order valence-electron chi connectivity index (χ3n) is 7.57. The first-order chi connectivity index (χ1) is 17.6. The number of nitrogens with one attached hydrogen (secondary N) is 2. The van der Waals surface area contributed by atoms with Gasteiger partial charge in [0.2, 0.25) is 5.91 Å². The van der Waals surface area contributed by atoms with Crippen molar-refractivity contribution in [1.29, 1.82) is 0 Å². The number of hydrogen-bond acceptors (Lipinski definition) is 4. The SMILES string of the molecule is CC(C)[C@@H](C(=O)N[C@@H](Cc1ccccc1)C(=O)O)N1C(=O)N2CCc3c([nH]c4ccccc34)[C@@]2(C)C1=O. The molecule has 1 fully saturated rings. The lowest BCUT2D eigenvalue weighted by Gasteiger charge is -2.36. The largest absolute Gasteiger partial charge is 0.480 e. The van der Waals surface area contributed by atoms with E-state index in [1.165, 1.54) is 4.90 Å². The molecule has 1 saturated heterocycles. The molecule has 1 aromatic heterocycles. The molecule has 0 saturated carbocycles. The highest BCUT2D eigenvalue weighted by Crippen LogP contribution is 2.45. The van der Waals surface area contributed by atoms with Crippen LogP contribution in [0.4, 0.5) is 4.79 Å². The minimum absolute atomic E-state index is 0.0802. The van der Waals surface area contributed by atoms with Gasteiger partial charge in [0, 0.05) is 23.9 Å². The van der Waals surface area contributed by atoms with E-state index in [0.717, 1.165) is 26.9 Å². The number of carboxylic acids is 1. The lowest BCUT2D eigenvalue weighted by atomic mass is 9.86. The fourth-order valence-electron chi connectivity index (χ4n) is 5.69. The smallest absolute Gasteiger partial charge is 0.328 e. The van der Waals surface area contributed by atoms with Gasteiger partial charge in [-0.3, -0.25) is 9.59 Å². The van der Waals surface area contributed by atoms with Crippen molar-refractivity contribution in [3.05, 3.63) is 71.4 Å². The van der Waals surface area contributed by atoms with Crippen molar-refractivity contribution >= 4 is 34.7 Å². The number of carbonyl (C=O) groups excluding carboxylic acids is 3. The van der Waals surface area contributed by atoms with Gasteiger partial charge < -0.3 is 20.3 Å². The number of benzene rings is 2. The van der Waals surface area contributed by atoms with Gasteiger partial charge in [-0.2, -0.15) is 0 Å². The number of aromatic amines is 1. The summed E-state index contributed by atoms with van der Waals surface area (Å²) in [5.41, 5.74) is 2.01. The quantitative estimate of drug-likeness (QED) is 0.429. The number of urea groups is 1. The van der Waals surface area contributed by atoms with Crippen molar-refractivity contribution in [3.8, 4) is 0 Å². The molecule has 2 aliphatic rings. The summed E-state index contributed by atoms with van der Waals surface area (Å²) in [5.74, 6) is -2.79. The molecule has 3 heterocycles. The Labute approximate surface area is 214 Å². The monoisotopic (exact) mass is 502 g/mol. The topological polar surface area (TPSA) is 123 Å². The van der Waals surface area contributed by atoms with Gasteiger partial charge in [0.25, 0.3) is 5.91 Å². The van der Waals surface area contributed by atoms with E-state index in [1.807, 2.05) is 30.3 Å². The van der Waals surface area contributed by atoms with Gasteiger partial charge in [-0.25, -0.2) is 14.5 Å². The van der Waals surface area contributed by atoms with Crippen molar-refractivity contribution in [2.24, 2.45) is 5.92 Å². The second-order valence-electron chi connectivity index (χ2n) is 10.2.